The van der Waals surface area contributed by atoms with Crippen molar-refractivity contribution in [1.82, 2.24) is 4.98 Å². The fourth-order valence-electron chi connectivity index (χ4n) is 1.60. The lowest BCUT2D eigenvalue weighted by Crippen LogP contribution is -2.07. The molecule has 18 heavy (non-hydrogen) atoms. The summed E-state index contributed by atoms with van der Waals surface area (Å²) in [5, 5.41) is 9.38. The molecule has 0 saturated carbocycles. The highest BCUT2D eigenvalue weighted by molar-refractivity contribution is 5.65. The standard InChI is InChI=1S/C13H10F3NO/c1-8-6-9(2-3-11(8)18)10-4-5-17-12(7-10)13(14,15)16/h2-7,18H,1H3. The number of pyridine rings is 1. The lowest BCUT2D eigenvalue weighted by Gasteiger charge is -2.08. The maximum atomic E-state index is 12.5. The van der Waals surface area contributed by atoms with Gasteiger partial charge >= 0.3 is 6.18 Å². The number of phenols is 1. The molecule has 0 amide bonds. The number of aryl methyl sites for hydroxylation is 1. The van der Waals surface area contributed by atoms with Crippen molar-refractivity contribution >= 4 is 0 Å². The number of nitrogens with zero attached hydrogens (tertiary/aromatic N) is 1. The Morgan fingerprint density at radius 3 is 2.33 bits per heavy atom. The Bertz CT molecular complexity index is 579. The van der Waals surface area contributed by atoms with Gasteiger partial charge in [-0.2, -0.15) is 13.2 Å². The molecule has 0 saturated heterocycles. The molecule has 0 radical (unpaired) electrons. The Kier molecular flexibility index (Phi) is 2.98. The van der Waals surface area contributed by atoms with E-state index in [-0.39, 0.29) is 5.75 Å². The van der Waals surface area contributed by atoms with E-state index in [4.69, 9.17) is 0 Å². The molecule has 1 heterocycles. The smallest absolute Gasteiger partial charge is 0.433 e. The molecule has 5 heteroatoms. The zero-order valence-electron chi connectivity index (χ0n) is 9.49. The quantitative estimate of drug-likeness (QED) is 0.838. The molecule has 0 aliphatic heterocycles. The van der Waals surface area contributed by atoms with Gasteiger partial charge in [0.25, 0.3) is 0 Å². The van der Waals surface area contributed by atoms with Crippen molar-refractivity contribution in [2.45, 2.75) is 13.1 Å². The van der Waals surface area contributed by atoms with E-state index in [0.717, 1.165) is 12.3 Å². The molecular weight excluding hydrogens is 243 g/mol. The third-order valence-corrected chi connectivity index (χ3v) is 2.58. The summed E-state index contributed by atoms with van der Waals surface area (Å²) in [6.45, 7) is 1.69. The van der Waals surface area contributed by atoms with Gasteiger partial charge in [-0.3, -0.25) is 4.98 Å². The molecular formula is C13H10F3NO. The number of halogens is 3. The van der Waals surface area contributed by atoms with Crippen molar-refractivity contribution in [1.29, 1.82) is 0 Å². The van der Waals surface area contributed by atoms with Crippen LogP contribution in [0.1, 0.15) is 11.3 Å². The first-order valence-electron chi connectivity index (χ1n) is 5.21. The van der Waals surface area contributed by atoms with Crippen LogP contribution in [0.15, 0.2) is 36.5 Å². The van der Waals surface area contributed by atoms with Crippen LogP contribution in [0.2, 0.25) is 0 Å². The van der Waals surface area contributed by atoms with Crippen LogP contribution in [0.5, 0.6) is 5.75 Å². The van der Waals surface area contributed by atoms with Gasteiger partial charge < -0.3 is 5.11 Å². The molecule has 1 N–H and O–H groups in total. The van der Waals surface area contributed by atoms with Crippen molar-refractivity contribution in [3.05, 3.63) is 47.8 Å². The van der Waals surface area contributed by atoms with E-state index in [1.807, 2.05) is 0 Å². The van der Waals surface area contributed by atoms with Crippen molar-refractivity contribution in [2.24, 2.45) is 0 Å². The predicted molar refractivity (Wildman–Crippen MR) is 61.1 cm³/mol. The van der Waals surface area contributed by atoms with Crippen LogP contribution in [0.4, 0.5) is 13.2 Å². The van der Waals surface area contributed by atoms with Crippen LogP contribution in [0, 0.1) is 6.92 Å². The molecule has 1 aromatic heterocycles. The highest BCUT2D eigenvalue weighted by Gasteiger charge is 2.32. The molecule has 2 aromatic rings. The van der Waals surface area contributed by atoms with Crippen molar-refractivity contribution in [3.8, 4) is 16.9 Å². The number of hydrogen-bond acceptors (Lipinski definition) is 2. The summed E-state index contributed by atoms with van der Waals surface area (Å²) >= 11 is 0. The summed E-state index contributed by atoms with van der Waals surface area (Å²) in [7, 11) is 0. The molecule has 1 aromatic carbocycles. The largest absolute Gasteiger partial charge is 0.508 e. The monoisotopic (exact) mass is 253 g/mol. The van der Waals surface area contributed by atoms with E-state index in [1.54, 1.807) is 19.1 Å². The first-order valence-corrected chi connectivity index (χ1v) is 5.21. The number of aromatic hydroxyl groups is 1. The molecule has 2 nitrogen and oxygen atoms in total. The van der Waals surface area contributed by atoms with E-state index in [0.29, 0.717) is 16.7 Å². The molecule has 0 atom stereocenters. The van der Waals surface area contributed by atoms with E-state index < -0.39 is 11.9 Å². The van der Waals surface area contributed by atoms with E-state index in [9.17, 15) is 18.3 Å². The topological polar surface area (TPSA) is 33.1 Å². The minimum Gasteiger partial charge on any atom is -0.508 e. The third kappa shape index (κ3) is 2.45. The molecule has 0 bridgehead atoms. The van der Waals surface area contributed by atoms with Gasteiger partial charge in [0.05, 0.1) is 0 Å². The Hall–Kier alpha value is -2.04. The van der Waals surface area contributed by atoms with Crippen LogP contribution in [0.25, 0.3) is 11.1 Å². The molecule has 2 rings (SSSR count). The highest BCUT2D eigenvalue weighted by Crippen LogP contribution is 2.31. The van der Waals surface area contributed by atoms with E-state index in [1.165, 1.54) is 12.1 Å². The van der Waals surface area contributed by atoms with E-state index in [2.05, 4.69) is 4.98 Å². The Morgan fingerprint density at radius 1 is 1.06 bits per heavy atom. The van der Waals surface area contributed by atoms with Crippen molar-refractivity contribution in [3.63, 3.8) is 0 Å². The average molecular weight is 253 g/mol. The number of alkyl halides is 3. The van der Waals surface area contributed by atoms with Crippen LogP contribution >= 0.6 is 0 Å². The van der Waals surface area contributed by atoms with Gasteiger partial charge in [-0.25, -0.2) is 0 Å². The minimum atomic E-state index is -4.46. The first-order chi connectivity index (χ1) is 8.38. The van der Waals surface area contributed by atoms with Gasteiger partial charge in [0, 0.05) is 6.20 Å². The van der Waals surface area contributed by atoms with Crippen molar-refractivity contribution < 1.29 is 18.3 Å². The van der Waals surface area contributed by atoms with Crippen LogP contribution in [-0.2, 0) is 6.18 Å². The van der Waals surface area contributed by atoms with Crippen LogP contribution in [0.3, 0.4) is 0 Å². The Labute approximate surface area is 102 Å². The number of aromatic nitrogens is 1. The number of benzene rings is 1. The van der Waals surface area contributed by atoms with Gasteiger partial charge in [0.1, 0.15) is 11.4 Å². The normalized spacial score (nSPS) is 11.6. The number of rotatable bonds is 1. The summed E-state index contributed by atoms with van der Waals surface area (Å²) in [6.07, 6.45) is -3.33. The number of phenolic OH excluding ortho intramolecular Hbond substituents is 1. The predicted octanol–water partition coefficient (Wildman–Crippen LogP) is 3.78. The van der Waals surface area contributed by atoms with Gasteiger partial charge in [0.2, 0.25) is 0 Å². The average Bonchev–Trinajstić information content (AvgIpc) is 2.32. The van der Waals surface area contributed by atoms with E-state index >= 15 is 0 Å². The van der Waals surface area contributed by atoms with Crippen LogP contribution in [-0.4, -0.2) is 10.1 Å². The highest BCUT2D eigenvalue weighted by atomic mass is 19.4. The molecule has 94 valence electrons. The summed E-state index contributed by atoms with van der Waals surface area (Å²) in [4.78, 5) is 3.30. The minimum absolute atomic E-state index is 0.115. The van der Waals surface area contributed by atoms with Crippen LogP contribution < -0.4 is 0 Å². The fourth-order valence-corrected chi connectivity index (χ4v) is 1.60. The fraction of sp³-hybridized carbons (Fsp3) is 0.154. The second-order valence-corrected chi connectivity index (χ2v) is 3.93. The van der Waals surface area contributed by atoms with Gasteiger partial charge in [-0.05, 0) is 47.9 Å². The van der Waals surface area contributed by atoms with Gasteiger partial charge in [-0.15, -0.1) is 0 Å². The molecule has 0 spiro atoms. The lowest BCUT2D eigenvalue weighted by atomic mass is 10.0. The third-order valence-electron chi connectivity index (χ3n) is 2.58. The zero-order chi connectivity index (χ0) is 13.3. The van der Waals surface area contributed by atoms with Gasteiger partial charge in [-0.1, -0.05) is 6.07 Å². The van der Waals surface area contributed by atoms with Gasteiger partial charge in [0.15, 0.2) is 0 Å². The molecule has 0 fully saturated rings. The Morgan fingerprint density at radius 2 is 1.72 bits per heavy atom. The summed E-state index contributed by atoms with van der Waals surface area (Å²) in [6, 6.07) is 7.15. The maximum Gasteiger partial charge on any atom is 0.433 e. The molecule has 0 aliphatic carbocycles. The second kappa shape index (κ2) is 4.33. The summed E-state index contributed by atoms with van der Waals surface area (Å²) in [5.41, 5.74) is 0.710. The van der Waals surface area contributed by atoms with Crippen molar-refractivity contribution in [2.75, 3.05) is 0 Å². The maximum absolute atomic E-state index is 12.5. The SMILES string of the molecule is Cc1cc(-c2ccnc(C(F)(F)F)c2)ccc1O. The number of hydrogen-bond donors (Lipinski definition) is 1. The lowest BCUT2D eigenvalue weighted by molar-refractivity contribution is -0.141. The Balaban J connectivity index is 2.48. The first kappa shape index (κ1) is 12.4. The second-order valence-electron chi connectivity index (χ2n) is 3.93. The summed E-state index contributed by atoms with van der Waals surface area (Å²) < 4.78 is 37.6. The molecule has 0 aliphatic rings. The molecule has 0 unspecified atom stereocenters. The zero-order valence-corrected chi connectivity index (χ0v) is 9.49. The summed E-state index contributed by atoms with van der Waals surface area (Å²) in [5.74, 6) is 0.115.